The van der Waals surface area contributed by atoms with E-state index in [1.54, 1.807) is 103 Å². The van der Waals surface area contributed by atoms with Crippen molar-refractivity contribution in [3.05, 3.63) is 0 Å². The lowest BCUT2D eigenvalue weighted by atomic mass is 9.44. The number of rotatable bonds is 8. The fourth-order valence-electron chi connectivity index (χ4n) is 18.4. The normalized spacial score (nSPS) is 45.0. The minimum atomic E-state index is 0.936. The second kappa shape index (κ2) is 17.6. The molecule has 0 aromatic carbocycles. The molecule has 8 atom stereocenters. The zero-order chi connectivity index (χ0) is 35.8. The zero-order valence-corrected chi connectivity index (χ0v) is 35.6. The van der Waals surface area contributed by atoms with Crippen molar-refractivity contribution in [3.8, 4) is 0 Å². The first-order valence-corrected chi connectivity index (χ1v) is 26.3. The number of hydrogen-bond acceptors (Lipinski definition) is 2. The summed E-state index contributed by atoms with van der Waals surface area (Å²) in [6, 6.07) is 5.63. The highest BCUT2D eigenvalue weighted by molar-refractivity contribution is 5.05. The molecule has 10 saturated carbocycles. The van der Waals surface area contributed by atoms with E-state index in [1.165, 1.54) is 128 Å². The van der Waals surface area contributed by atoms with Crippen molar-refractivity contribution in [2.75, 3.05) is 0 Å². The van der Waals surface area contributed by atoms with Gasteiger partial charge in [0.25, 0.3) is 0 Å². The number of hydrogen-bond donors (Lipinski definition) is 0. The molecule has 10 rings (SSSR count). The van der Waals surface area contributed by atoms with Crippen LogP contribution in [0.25, 0.3) is 0 Å². The van der Waals surface area contributed by atoms with Crippen molar-refractivity contribution in [2.24, 2.45) is 59.2 Å². The molecule has 0 amide bonds. The molecule has 54 heavy (non-hydrogen) atoms. The topological polar surface area (TPSA) is 6.48 Å². The van der Waals surface area contributed by atoms with Crippen molar-refractivity contribution in [1.82, 2.24) is 9.80 Å². The van der Waals surface area contributed by atoms with Crippen LogP contribution in [0, 0.1) is 59.2 Å². The van der Waals surface area contributed by atoms with E-state index in [0.29, 0.717) is 0 Å². The monoisotopic (exact) mass is 741 g/mol. The van der Waals surface area contributed by atoms with E-state index in [0.717, 1.165) is 95.4 Å². The Morgan fingerprint density at radius 3 is 0.759 bits per heavy atom. The van der Waals surface area contributed by atoms with Gasteiger partial charge in [-0.2, -0.15) is 0 Å². The SMILES string of the molecule is C1CCC(N(C2CCCCC2)C2CCCC(C3CC4CCC5CC(C6CCCC(N(C7CCCCC7)C7CCCCC7)C6)CC6CCC(C3)C4C56)C2)CC1. The fourth-order valence-corrected chi connectivity index (χ4v) is 18.4. The quantitative estimate of drug-likeness (QED) is 0.244. The molecule has 0 saturated heterocycles. The van der Waals surface area contributed by atoms with Crippen LogP contribution < -0.4 is 0 Å². The molecular weight excluding hydrogens is 653 g/mol. The van der Waals surface area contributed by atoms with Gasteiger partial charge in [0.05, 0.1) is 0 Å². The first kappa shape index (κ1) is 38.1. The molecule has 2 heteroatoms. The first-order chi connectivity index (χ1) is 26.8. The van der Waals surface area contributed by atoms with Crippen molar-refractivity contribution >= 4 is 0 Å². The van der Waals surface area contributed by atoms with E-state index in [1.807, 2.05) is 0 Å². The lowest BCUT2D eigenvalue weighted by molar-refractivity contribution is -0.116. The molecule has 0 bridgehead atoms. The zero-order valence-electron chi connectivity index (χ0n) is 35.6. The van der Waals surface area contributed by atoms with Gasteiger partial charge in [0.15, 0.2) is 0 Å². The highest BCUT2D eigenvalue weighted by Crippen LogP contribution is 2.63. The van der Waals surface area contributed by atoms with E-state index in [9.17, 15) is 0 Å². The molecule has 0 N–H and O–H groups in total. The van der Waals surface area contributed by atoms with Crippen LogP contribution in [0.4, 0.5) is 0 Å². The third kappa shape index (κ3) is 7.98. The van der Waals surface area contributed by atoms with Crippen LogP contribution in [0.1, 0.15) is 231 Å². The molecule has 0 radical (unpaired) electrons. The molecule has 306 valence electrons. The van der Waals surface area contributed by atoms with Gasteiger partial charge in [0, 0.05) is 36.3 Å². The van der Waals surface area contributed by atoms with Gasteiger partial charge in [-0.1, -0.05) is 103 Å². The van der Waals surface area contributed by atoms with Gasteiger partial charge in [-0.25, -0.2) is 0 Å². The summed E-state index contributed by atoms with van der Waals surface area (Å²) in [5, 5.41) is 0. The lowest BCUT2D eigenvalue weighted by Crippen LogP contribution is -2.55. The third-order valence-corrected chi connectivity index (χ3v) is 20.4. The van der Waals surface area contributed by atoms with Crippen molar-refractivity contribution in [2.45, 2.75) is 267 Å². The van der Waals surface area contributed by atoms with Crippen LogP contribution in [0.2, 0.25) is 0 Å². The molecule has 0 aromatic rings. The van der Waals surface area contributed by atoms with Gasteiger partial charge in [-0.05, 0) is 188 Å². The molecule has 2 nitrogen and oxygen atoms in total. The Hall–Kier alpha value is -0.0800. The average Bonchev–Trinajstić information content (AvgIpc) is 3.24. The summed E-state index contributed by atoms with van der Waals surface area (Å²) < 4.78 is 0. The Morgan fingerprint density at radius 1 is 0.185 bits per heavy atom. The maximum Gasteiger partial charge on any atom is 0.0104 e. The molecule has 10 aliphatic carbocycles. The molecule has 0 spiro atoms. The maximum atomic E-state index is 3.28. The molecule has 0 aromatic heterocycles. The molecule has 0 heterocycles. The van der Waals surface area contributed by atoms with Gasteiger partial charge in [-0.15, -0.1) is 0 Å². The van der Waals surface area contributed by atoms with Crippen LogP contribution in [-0.4, -0.2) is 46.1 Å². The Balaban J connectivity index is 0.786. The van der Waals surface area contributed by atoms with E-state index >= 15 is 0 Å². The van der Waals surface area contributed by atoms with Crippen LogP contribution in [0.5, 0.6) is 0 Å². The third-order valence-electron chi connectivity index (χ3n) is 20.4. The molecule has 10 fully saturated rings. The predicted molar refractivity (Wildman–Crippen MR) is 228 cm³/mol. The Morgan fingerprint density at radius 2 is 0.463 bits per heavy atom. The Bertz CT molecular complexity index is 1000. The smallest absolute Gasteiger partial charge is 0.0104 e. The molecule has 0 aliphatic heterocycles. The Kier molecular flexibility index (Phi) is 12.5. The van der Waals surface area contributed by atoms with Crippen LogP contribution in [0.3, 0.4) is 0 Å². The average molecular weight is 741 g/mol. The second-order valence-electron chi connectivity index (χ2n) is 23.0. The summed E-state index contributed by atoms with van der Waals surface area (Å²) >= 11 is 0. The molecule has 8 unspecified atom stereocenters. The summed E-state index contributed by atoms with van der Waals surface area (Å²) in [5.74, 6) is 11.0. The summed E-state index contributed by atoms with van der Waals surface area (Å²) in [5.41, 5.74) is 0. The molecular formula is C52H88N2. The predicted octanol–water partition coefficient (Wildman–Crippen LogP) is 14.1. The minimum absolute atomic E-state index is 0.936. The highest BCUT2D eigenvalue weighted by atomic mass is 15.2. The summed E-state index contributed by atoms with van der Waals surface area (Å²) in [6.45, 7) is 0. The van der Waals surface area contributed by atoms with Crippen LogP contribution in [-0.2, 0) is 0 Å². The summed E-state index contributed by atoms with van der Waals surface area (Å²) in [4.78, 5) is 6.56. The molecule has 10 aliphatic rings. The number of nitrogens with zero attached hydrogens (tertiary/aromatic N) is 2. The minimum Gasteiger partial charge on any atom is -0.294 e. The first-order valence-electron chi connectivity index (χ1n) is 26.3. The summed E-state index contributed by atoms with van der Waals surface area (Å²) in [7, 11) is 0. The van der Waals surface area contributed by atoms with Gasteiger partial charge in [0.1, 0.15) is 0 Å². The van der Waals surface area contributed by atoms with E-state index in [-0.39, 0.29) is 0 Å². The van der Waals surface area contributed by atoms with E-state index < -0.39 is 0 Å². The van der Waals surface area contributed by atoms with Gasteiger partial charge < -0.3 is 0 Å². The standard InChI is InChI=1S/C52H88N2/c1-5-17-45(18-6-1)53(46-19-7-2-8-20-46)49-25-13-15-37(35-49)43-31-39-27-29-41-33-44(34-42-30-28-40(32-43)51(39)52(41)42)38-16-14-26-50(36-38)54(47-21-9-3-10-22-47)48-23-11-4-12-24-48/h37-52H,1-36H2. The summed E-state index contributed by atoms with van der Waals surface area (Å²) in [6.07, 6.45) is 56.1. The van der Waals surface area contributed by atoms with Gasteiger partial charge in [-0.3, -0.25) is 9.80 Å². The van der Waals surface area contributed by atoms with Crippen molar-refractivity contribution in [3.63, 3.8) is 0 Å². The fraction of sp³-hybridized carbons (Fsp3) is 1.00. The van der Waals surface area contributed by atoms with Gasteiger partial charge in [0.2, 0.25) is 0 Å². The van der Waals surface area contributed by atoms with Crippen molar-refractivity contribution in [1.29, 1.82) is 0 Å². The highest BCUT2D eigenvalue weighted by Gasteiger charge is 2.55. The van der Waals surface area contributed by atoms with E-state index in [2.05, 4.69) is 9.80 Å². The van der Waals surface area contributed by atoms with Crippen molar-refractivity contribution < 1.29 is 0 Å². The Labute approximate surface area is 335 Å². The lowest BCUT2D eigenvalue weighted by Gasteiger charge is -2.61. The van der Waals surface area contributed by atoms with E-state index in [4.69, 9.17) is 0 Å². The second-order valence-corrected chi connectivity index (χ2v) is 23.0. The largest absolute Gasteiger partial charge is 0.294 e. The van der Waals surface area contributed by atoms with Gasteiger partial charge >= 0.3 is 0 Å². The maximum absolute atomic E-state index is 3.28. The van der Waals surface area contributed by atoms with Crippen LogP contribution >= 0.6 is 0 Å². The van der Waals surface area contributed by atoms with Crippen LogP contribution in [0.15, 0.2) is 0 Å².